The fourth-order valence-corrected chi connectivity index (χ4v) is 1.40. The lowest BCUT2D eigenvalue weighted by Gasteiger charge is -2.20. The van der Waals surface area contributed by atoms with E-state index in [9.17, 15) is 0 Å². The Morgan fingerprint density at radius 3 is 2.15 bits per heavy atom. The quantitative estimate of drug-likeness (QED) is 0.721. The maximum atomic E-state index is 5.97. The van der Waals surface area contributed by atoms with Gasteiger partial charge in [-0.3, -0.25) is 0 Å². The first-order chi connectivity index (χ1) is 5.88. The van der Waals surface area contributed by atoms with Gasteiger partial charge in [0.25, 0.3) is 0 Å². The van der Waals surface area contributed by atoms with Crippen LogP contribution in [0.2, 0.25) is 0 Å². The average Bonchev–Trinajstić information content (AvgIpc) is 2.28. The number of anilines is 1. The molecule has 0 aliphatic carbocycles. The van der Waals surface area contributed by atoms with Crippen molar-refractivity contribution in [1.29, 1.82) is 0 Å². The molecule has 0 fully saturated rings. The highest BCUT2D eigenvalue weighted by molar-refractivity contribution is 5.43. The molecule has 0 bridgehead atoms. The predicted octanol–water partition coefficient (Wildman–Crippen LogP) is 2.09. The molecule has 1 rings (SSSR count). The first kappa shape index (κ1) is 10.1. The van der Waals surface area contributed by atoms with E-state index < -0.39 is 0 Å². The third-order valence-corrected chi connectivity index (χ3v) is 2.24. The minimum Gasteiger partial charge on any atom is -0.384 e. The Bertz CT molecular complexity index is 305. The summed E-state index contributed by atoms with van der Waals surface area (Å²) < 4.78 is 1.90. The van der Waals surface area contributed by atoms with Gasteiger partial charge in [-0.2, -0.15) is 5.10 Å². The molecule has 0 aliphatic heterocycles. The molecule has 0 radical (unpaired) electrons. The second-order valence-corrected chi connectivity index (χ2v) is 4.39. The lowest BCUT2D eigenvalue weighted by atomic mass is 10.1. The van der Waals surface area contributed by atoms with Crippen molar-refractivity contribution in [3.8, 4) is 0 Å². The highest BCUT2D eigenvalue weighted by Gasteiger charge is 2.20. The van der Waals surface area contributed by atoms with Crippen molar-refractivity contribution in [3.63, 3.8) is 0 Å². The van der Waals surface area contributed by atoms with Gasteiger partial charge in [-0.15, -0.1) is 0 Å². The van der Waals surface area contributed by atoms with E-state index in [1.807, 2.05) is 11.6 Å². The minimum atomic E-state index is -0.0255. The second-order valence-electron chi connectivity index (χ2n) is 4.39. The molecule has 0 saturated carbocycles. The zero-order valence-corrected chi connectivity index (χ0v) is 9.18. The molecule has 0 spiro atoms. The van der Waals surface area contributed by atoms with Crippen molar-refractivity contribution in [2.45, 2.75) is 46.6 Å². The molecule has 13 heavy (non-hydrogen) atoms. The summed E-state index contributed by atoms with van der Waals surface area (Å²) in [4.78, 5) is 0. The number of nitrogen functional groups attached to an aromatic ring is 1. The Labute approximate surface area is 79.9 Å². The van der Waals surface area contributed by atoms with Gasteiger partial charge in [0.05, 0.1) is 11.2 Å². The van der Waals surface area contributed by atoms with Gasteiger partial charge in [0.1, 0.15) is 5.82 Å². The minimum absolute atomic E-state index is 0.0255. The molecular weight excluding hydrogens is 162 g/mol. The van der Waals surface area contributed by atoms with Crippen LogP contribution in [0.4, 0.5) is 5.82 Å². The van der Waals surface area contributed by atoms with Gasteiger partial charge in [0.2, 0.25) is 0 Å². The maximum Gasteiger partial charge on any atom is 0.125 e. The lowest BCUT2D eigenvalue weighted by Crippen LogP contribution is -2.24. The molecule has 0 amide bonds. The van der Waals surface area contributed by atoms with Crippen LogP contribution in [0.25, 0.3) is 0 Å². The Morgan fingerprint density at radius 1 is 1.38 bits per heavy atom. The first-order valence-corrected chi connectivity index (χ1v) is 4.72. The molecule has 1 heterocycles. The van der Waals surface area contributed by atoms with Crippen molar-refractivity contribution in [2.24, 2.45) is 0 Å². The van der Waals surface area contributed by atoms with Crippen molar-refractivity contribution in [3.05, 3.63) is 11.3 Å². The van der Waals surface area contributed by atoms with E-state index in [1.165, 1.54) is 0 Å². The van der Waals surface area contributed by atoms with E-state index in [2.05, 4.69) is 32.8 Å². The summed E-state index contributed by atoms with van der Waals surface area (Å²) in [5, 5.41) is 4.49. The molecule has 0 aromatic carbocycles. The van der Waals surface area contributed by atoms with Crippen LogP contribution in [0.3, 0.4) is 0 Å². The predicted molar refractivity (Wildman–Crippen MR) is 55.8 cm³/mol. The number of nitrogens with two attached hydrogens (primary N) is 1. The van der Waals surface area contributed by atoms with Gasteiger partial charge in [-0.05, 0) is 34.1 Å². The van der Waals surface area contributed by atoms with E-state index in [0.29, 0.717) is 0 Å². The van der Waals surface area contributed by atoms with E-state index in [0.717, 1.165) is 23.5 Å². The van der Waals surface area contributed by atoms with E-state index in [-0.39, 0.29) is 5.54 Å². The van der Waals surface area contributed by atoms with Crippen molar-refractivity contribution in [1.82, 2.24) is 9.78 Å². The van der Waals surface area contributed by atoms with Crippen molar-refractivity contribution in [2.75, 3.05) is 5.73 Å². The molecule has 74 valence electrons. The van der Waals surface area contributed by atoms with Gasteiger partial charge in [0, 0.05) is 5.56 Å². The van der Waals surface area contributed by atoms with Crippen LogP contribution in [-0.2, 0) is 12.0 Å². The zero-order chi connectivity index (χ0) is 10.2. The summed E-state index contributed by atoms with van der Waals surface area (Å²) in [6.07, 6.45) is 0.944. The second kappa shape index (κ2) is 3.05. The van der Waals surface area contributed by atoms with Crippen LogP contribution in [0.1, 0.15) is 39.0 Å². The summed E-state index contributed by atoms with van der Waals surface area (Å²) in [6.45, 7) is 10.4. The molecular formula is C10H19N3. The number of aromatic nitrogens is 2. The van der Waals surface area contributed by atoms with Crippen LogP contribution in [-0.4, -0.2) is 9.78 Å². The number of hydrogen-bond acceptors (Lipinski definition) is 2. The van der Waals surface area contributed by atoms with Crippen molar-refractivity contribution < 1.29 is 0 Å². The third-order valence-electron chi connectivity index (χ3n) is 2.24. The Morgan fingerprint density at radius 2 is 1.92 bits per heavy atom. The standard InChI is InChI=1S/C10H19N3/c1-6-8-7(2)9(11)13(12-8)10(3,4)5/h6,11H2,1-5H3. The van der Waals surface area contributed by atoms with Crippen LogP contribution in [0.5, 0.6) is 0 Å². The molecule has 0 atom stereocenters. The topological polar surface area (TPSA) is 43.8 Å². The van der Waals surface area contributed by atoms with Crippen LogP contribution >= 0.6 is 0 Å². The number of nitrogens with zero attached hydrogens (tertiary/aromatic N) is 2. The summed E-state index contributed by atoms with van der Waals surface area (Å²) in [7, 11) is 0. The molecule has 1 aromatic rings. The van der Waals surface area contributed by atoms with E-state index >= 15 is 0 Å². The Balaban J connectivity index is 3.25. The molecule has 2 N–H and O–H groups in total. The van der Waals surface area contributed by atoms with Crippen molar-refractivity contribution >= 4 is 5.82 Å². The molecule has 0 unspecified atom stereocenters. The largest absolute Gasteiger partial charge is 0.384 e. The summed E-state index contributed by atoms with van der Waals surface area (Å²) in [5.74, 6) is 0.796. The van der Waals surface area contributed by atoms with Crippen LogP contribution < -0.4 is 5.73 Å². The normalized spacial score (nSPS) is 12.1. The molecule has 3 nitrogen and oxygen atoms in total. The summed E-state index contributed by atoms with van der Waals surface area (Å²) in [6, 6.07) is 0. The zero-order valence-electron chi connectivity index (χ0n) is 9.18. The fraction of sp³-hybridized carbons (Fsp3) is 0.700. The maximum absolute atomic E-state index is 5.97. The molecule has 3 heteroatoms. The number of hydrogen-bond donors (Lipinski definition) is 1. The first-order valence-electron chi connectivity index (χ1n) is 4.72. The summed E-state index contributed by atoms with van der Waals surface area (Å²) >= 11 is 0. The summed E-state index contributed by atoms with van der Waals surface area (Å²) in [5.41, 5.74) is 8.17. The van der Waals surface area contributed by atoms with Gasteiger partial charge in [-0.1, -0.05) is 6.92 Å². The van der Waals surface area contributed by atoms with E-state index in [4.69, 9.17) is 5.73 Å². The van der Waals surface area contributed by atoms with Gasteiger partial charge >= 0.3 is 0 Å². The molecule has 0 saturated heterocycles. The number of aryl methyl sites for hydroxylation is 1. The number of rotatable bonds is 1. The van der Waals surface area contributed by atoms with E-state index in [1.54, 1.807) is 0 Å². The third kappa shape index (κ3) is 1.69. The smallest absolute Gasteiger partial charge is 0.125 e. The van der Waals surface area contributed by atoms with Gasteiger partial charge in [-0.25, -0.2) is 4.68 Å². The lowest BCUT2D eigenvalue weighted by molar-refractivity contribution is 0.359. The van der Waals surface area contributed by atoms with Crippen LogP contribution in [0, 0.1) is 6.92 Å². The highest BCUT2D eigenvalue weighted by Crippen LogP contribution is 2.23. The SMILES string of the molecule is CCc1nn(C(C)(C)C)c(N)c1C. The highest BCUT2D eigenvalue weighted by atomic mass is 15.3. The fourth-order valence-electron chi connectivity index (χ4n) is 1.40. The molecule has 1 aromatic heterocycles. The Kier molecular flexibility index (Phi) is 2.37. The molecule has 0 aliphatic rings. The van der Waals surface area contributed by atoms with Gasteiger partial charge in [0.15, 0.2) is 0 Å². The monoisotopic (exact) mass is 181 g/mol. The van der Waals surface area contributed by atoms with Gasteiger partial charge < -0.3 is 5.73 Å². The average molecular weight is 181 g/mol. The Hall–Kier alpha value is -0.990. The van der Waals surface area contributed by atoms with Crippen LogP contribution in [0.15, 0.2) is 0 Å².